The molecule has 2 amide bonds. The average molecular weight is 470 g/mol. The van der Waals surface area contributed by atoms with Crippen molar-refractivity contribution in [1.82, 2.24) is 4.90 Å². The van der Waals surface area contributed by atoms with Crippen LogP contribution in [-0.2, 0) is 9.59 Å². The van der Waals surface area contributed by atoms with Gasteiger partial charge in [-0.25, -0.2) is 0 Å². The molecule has 0 spiro atoms. The summed E-state index contributed by atoms with van der Waals surface area (Å²) < 4.78 is 0. The molecule has 174 valence electrons. The number of amides is 2. The first-order valence-corrected chi connectivity index (χ1v) is 13.8. The van der Waals surface area contributed by atoms with Crippen LogP contribution in [-0.4, -0.2) is 27.5 Å². The highest BCUT2D eigenvalue weighted by Crippen LogP contribution is 2.60. The Labute approximate surface area is 202 Å². The molecule has 2 atom stereocenters. The first-order valence-electron chi connectivity index (χ1n) is 12.0. The van der Waals surface area contributed by atoms with Crippen LogP contribution in [0.4, 0.5) is 0 Å². The van der Waals surface area contributed by atoms with E-state index in [0.717, 1.165) is 34.0 Å². The largest absolute Gasteiger partial charge is 0.274 e. The number of benzene rings is 3. The van der Waals surface area contributed by atoms with E-state index in [1.807, 2.05) is 61.5 Å². The first kappa shape index (κ1) is 22.9. The van der Waals surface area contributed by atoms with Crippen LogP contribution in [0.15, 0.2) is 91.0 Å². The lowest BCUT2D eigenvalue weighted by atomic mass is 9.75. The second-order valence-electron chi connectivity index (χ2n) is 10.3. The molecule has 1 aliphatic heterocycles. The topological polar surface area (TPSA) is 37.4 Å². The van der Waals surface area contributed by atoms with Gasteiger partial charge in [0.2, 0.25) is 5.91 Å². The molecule has 5 rings (SSSR count). The van der Waals surface area contributed by atoms with Crippen LogP contribution in [0.25, 0.3) is 0 Å². The summed E-state index contributed by atoms with van der Waals surface area (Å²) in [6, 6.07) is 31.1. The highest BCUT2D eigenvalue weighted by Gasteiger charge is 2.67. The van der Waals surface area contributed by atoms with E-state index in [2.05, 4.69) is 57.2 Å². The minimum atomic E-state index is -2.50. The number of carbonyl (C=O) groups is 2. The molecule has 3 aromatic rings. The van der Waals surface area contributed by atoms with Crippen LogP contribution >= 0.6 is 6.89 Å². The van der Waals surface area contributed by atoms with E-state index in [9.17, 15) is 9.59 Å². The van der Waals surface area contributed by atoms with Crippen LogP contribution in [0, 0.1) is 11.3 Å². The minimum Gasteiger partial charge on any atom is -0.274 e. The molecule has 3 aromatic carbocycles. The molecule has 3 nitrogen and oxygen atoms in total. The van der Waals surface area contributed by atoms with Gasteiger partial charge in [-0.1, -0.05) is 105 Å². The molecular formula is C30H32NO2P. The Balaban J connectivity index is 1.85. The molecule has 0 N–H and O–H groups in total. The van der Waals surface area contributed by atoms with Crippen molar-refractivity contribution in [3.05, 3.63) is 91.0 Å². The average Bonchev–Trinajstić information content (AvgIpc) is 3.18. The van der Waals surface area contributed by atoms with Gasteiger partial charge in [0.05, 0.1) is 5.54 Å². The van der Waals surface area contributed by atoms with Crippen molar-refractivity contribution in [2.45, 2.75) is 46.1 Å². The maximum Gasteiger partial charge on any atom is 0.257 e. The smallest absolute Gasteiger partial charge is 0.257 e. The maximum absolute atomic E-state index is 14.5. The summed E-state index contributed by atoms with van der Waals surface area (Å²) >= 11 is 0. The van der Waals surface area contributed by atoms with E-state index in [1.165, 1.54) is 0 Å². The van der Waals surface area contributed by atoms with Gasteiger partial charge in [0.15, 0.2) is 0 Å². The standard InChI is InChI=1S/C30H32NO2P/c1-22(27(32)31-28(33)26-20-21-30(31,4)29(26,2)3)34(23-14-8-5-9-15-23,24-16-10-6-11-17-24)25-18-12-7-13-19-25/h5-19,26H,20-21H2,1-4H3/t26-,30-/m1/s1. The van der Waals surface area contributed by atoms with Crippen LogP contribution in [0.3, 0.4) is 0 Å². The molecule has 0 unspecified atom stereocenters. The molecule has 1 saturated heterocycles. The number of rotatable bonds is 4. The van der Waals surface area contributed by atoms with Gasteiger partial charge in [-0.05, 0) is 54.9 Å². The third-order valence-corrected chi connectivity index (χ3v) is 13.1. The summed E-state index contributed by atoms with van der Waals surface area (Å²) in [6.07, 6.45) is 1.73. The molecule has 0 aromatic heterocycles. The molecule has 2 fully saturated rings. The van der Waals surface area contributed by atoms with Gasteiger partial charge in [-0.3, -0.25) is 14.5 Å². The number of piperidine rings is 1. The summed E-state index contributed by atoms with van der Waals surface area (Å²) in [7, 11) is 0. The molecule has 2 aliphatic rings. The zero-order valence-corrected chi connectivity index (χ0v) is 21.3. The molecule has 34 heavy (non-hydrogen) atoms. The minimum absolute atomic E-state index is 0.00427. The summed E-state index contributed by atoms with van der Waals surface area (Å²) in [5.74, 6) is -0.213. The number of imide groups is 1. The SMILES string of the molecule is CC(C(=O)N1C(=O)[C@H]2CC[C@]1(C)C2(C)C)=P(c1ccccc1)(c1ccccc1)c1ccccc1. The highest BCUT2D eigenvalue weighted by molar-refractivity contribution is 7.96. The molecular weight excluding hydrogens is 437 g/mol. The lowest BCUT2D eigenvalue weighted by Crippen LogP contribution is -2.54. The van der Waals surface area contributed by atoms with Crippen molar-refractivity contribution in [1.29, 1.82) is 0 Å². The third kappa shape index (κ3) is 2.96. The Morgan fingerprint density at radius 1 is 0.794 bits per heavy atom. The first-order chi connectivity index (χ1) is 16.3. The zero-order chi connectivity index (χ0) is 24.1. The lowest BCUT2D eigenvalue weighted by molar-refractivity contribution is -0.146. The van der Waals surface area contributed by atoms with Crippen molar-refractivity contribution in [2.75, 3.05) is 0 Å². The zero-order valence-electron chi connectivity index (χ0n) is 20.4. The fourth-order valence-electron chi connectivity index (χ4n) is 6.33. The number of carbonyl (C=O) groups excluding carboxylic acids is 2. The fraction of sp³-hybridized carbons (Fsp3) is 0.300. The molecule has 0 radical (unpaired) electrons. The summed E-state index contributed by atoms with van der Waals surface area (Å²) in [5, 5.41) is 4.13. The quantitative estimate of drug-likeness (QED) is 0.518. The maximum atomic E-state index is 14.5. The number of hydrogen-bond acceptors (Lipinski definition) is 2. The van der Waals surface area contributed by atoms with Gasteiger partial charge in [0, 0.05) is 11.2 Å². The van der Waals surface area contributed by atoms with Crippen LogP contribution in [0.5, 0.6) is 0 Å². The van der Waals surface area contributed by atoms with Gasteiger partial charge in [0.25, 0.3) is 5.91 Å². The number of nitrogens with zero attached hydrogens (tertiary/aromatic N) is 1. The van der Waals surface area contributed by atoms with E-state index in [-0.39, 0.29) is 23.1 Å². The summed E-state index contributed by atoms with van der Waals surface area (Å²) in [4.78, 5) is 29.7. The third-order valence-electron chi connectivity index (χ3n) is 8.64. The van der Waals surface area contributed by atoms with Gasteiger partial charge in [-0.2, -0.15) is 0 Å². The van der Waals surface area contributed by atoms with Crippen molar-refractivity contribution < 1.29 is 9.59 Å². The Hall–Kier alpha value is -2.90. The van der Waals surface area contributed by atoms with Gasteiger partial charge in [-0.15, -0.1) is 0 Å². The van der Waals surface area contributed by atoms with E-state index in [4.69, 9.17) is 0 Å². The molecule has 2 bridgehead atoms. The number of likely N-dealkylation sites (tertiary alicyclic amines) is 1. The fourth-order valence-corrected chi connectivity index (χ4v) is 10.6. The van der Waals surface area contributed by atoms with Gasteiger partial charge in [0.1, 0.15) is 0 Å². The molecule has 1 heterocycles. The summed E-state index contributed by atoms with van der Waals surface area (Å²) in [5.41, 5.74) is -0.694. The Bertz CT molecular complexity index is 1190. The van der Waals surface area contributed by atoms with Crippen LogP contribution in [0.1, 0.15) is 40.5 Å². The number of hydrogen-bond donors (Lipinski definition) is 0. The van der Waals surface area contributed by atoms with Crippen molar-refractivity contribution in [3.8, 4) is 0 Å². The Kier molecular flexibility index (Phi) is 5.45. The van der Waals surface area contributed by atoms with Gasteiger partial charge < -0.3 is 0 Å². The Morgan fingerprint density at radius 2 is 1.21 bits per heavy atom. The highest BCUT2D eigenvalue weighted by atomic mass is 31.2. The Morgan fingerprint density at radius 3 is 1.56 bits per heavy atom. The van der Waals surface area contributed by atoms with Gasteiger partial charge >= 0.3 is 0 Å². The van der Waals surface area contributed by atoms with E-state index < -0.39 is 12.4 Å². The second kappa shape index (κ2) is 8.10. The molecule has 1 saturated carbocycles. The van der Waals surface area contributed by atoms with E-state index in [0.29, 0.717) is 0 Å². The van der Waals surface area contributed by atoms with Crippen molar-refractivity contribution in [3.63, 3.8) is 0 Å². The van der Waals surface area contributed by atoms with Crippen molar-refractivity contribution in [2.24, 2.45) is 11.3 Å². The molecule has 4 heteroatoms. The summed E-state index contributed by atoms with van der Waals surface area (Å²) in [6.45, 7) is 5.88. The second-order valence-corrected chi connectivity index (χ2v) is 13.9. The van der Waals surface area contributed by atoms with E-state index in [1.54, 1.807) is 4.90 Å². The monoisotopic (exact) mass is 469 g/mol. The van der Waals surface area contributed by atoms with E-state index >= 15 is 0 Å². The lowest BCUT2D eigenvalue weighted by Gasteiger charge is -2.41. The van der Waals surface area contributed by atoms with Crippen LogP contribution < -0.4 is 15.9 Å². The van der Waals surface area contributed by atoms with Crippen molar-refractivity contribution >= 4 is 39.9 Å². The number of fused-ring (bicyclic) bond motifs is 2. The predicted octanol–water partition coefficient (Wildman–Crippen LogP) is 4.74. The predicted molar refractivity (Wildman–Crippen MR) is 143 cm³/mol. The molecule has 1 aliphatic carbocycles. The normalized spacial score (nSPS) is 23.2. The van der Waals surface area contributed by atoms with Crippen LogP contribution in [0.2, 0.25) is 0 Å².